The van der Waals surface area contributed by atoms with Gasteiger partial charge in [0.05, 0.1) is 11.1 Å². The van der Waals surface area contributed by atoms with E-state index in [-0.39, 0.29) is 48.2 Å². The summed E-state index contributed by atoms with van der Waals surface area (Å²) < 4.78 is 29.3. The van der Waals surface area contributed by atoms with Gasteiger partial charge in [-0.3, -0.25) is 9.78 Å². The molecule has 0 spiro atoms. The van der Waals surface area contributed by atoms with E-state index in [1.54, 1.807) is 56.6 Å². The second kappa shape index (κ2) is 13.7. The third kappa shape index (κ3) is 7.10. The van der Waals surface area contributed by atoms with Gasteiger partial charge in [0, 0.05) is 57.4 Å². The van der Waals surface area contributed by atoms with Gasteiger partial charge in [-0.15, -0.1) is 13.2 Å². The molecule has 0 radical (unpaired) electrons. The minimum atomic E-state index is -0.703. The summed E-state index contributed by atoms with van der Waals surface area (Å²) in [5.41, 5.74) is 8.44. The Hall–Kier alpha value is -5.82. The summed E-state index contributed by atoms with van der Waals surface area (Å²) in [7, 11) is 3.29. The Morgan fingerprint density at radius 3 is 2.23 bits per heavy atom. The first-order valence-corrected chi connectivity index (χ1v) is 12.4. The molecule has 0 aliphatic rings. The standard InChI is InChI=1S/C28H22F2N8O2.C2H4.H2O.2H2/c1-38(2)27(39)15-5-7-17(8-6-15)34-28(40)35-18-9-10-20(21(29)13-18)26-36-22-12-16(14-33-23(22)25(31)37-26)19-4-3-11-32-24(19)30;1-2;;;/h3-14H,1-2H3,(H2,31,36,37)(H2,34,35,40);1-2H2;1H2;2*1H. The highest BCUT2D eigenvalue weighted by Crippen LogP contribution is 2.29. The number of nitrogens with zero attached hydrogens (tertiary/aromatic N) is 5. The fraction of sp³-hybridized carbons (Fsp3) is 0.0667. The van der Waals surface area contributed by atoms with Crippen LogP contribution >= 0.6 is 0 Å². The van der Waals surface area contributed by atoms with Gasteiger partial charge >= 0.3 is 6.03 Å². The Balaban J connectivity index is 0.00000199. The summed E-state index contributed by atoms with van der Waals surface area (Å²) >= 11 is 0. The van der Waals surface area contributed by atoms with Gasteiger partial charge in [-0.2, -0.15) is 4.39 Å². The number of urea groups is 1. The molecule has 6 N–H and O–H groups in total. The summed E-state index contributed by atoms with van der Waals surface area (Å²) in [6.45, 7) is 6.00. The normalized spacial score (nSPS) is 10.1. The fourth-order valence-corrected chi connectivity index (χ4v) is 3.93. The van der Waals surface area contributed by atoms with Crippen LogP contribution in [-0.2, 0) is 0 Å². The van der Waals surface area contributed by atoms with Crippen LogP contribution in [0.15, 0.2) is 86.2 Å². The van der Waals surface area contributed by atoms with Crippen LogP contribution in [0.3, 0.4) is 0 Å². The first-order chi connectivity index (χ1) is 20.2. The van der Waals surface area contributed by atoms with Gasteiger partial charge in [0.15, 0.2) is 11.6 Å². The second-order valence-corrected chi connectivity index (χ2v) is 8.92. The fourth-order valence-electron chi connectivity index (χ4n) is 3.93. The van der Waals surface area contributed by atoms with Gasteiger partial charge in [-0.05, 0) is 60.7 Å². The lowest BCUT2D eigenvalue weighted by Gasteiger charge is -2.12. The van der Waals surface area contributed by atoms with Crippen molar-refractivity contribution in [2.24, 2.45) is 0 Å². The van der Waals surface area contributed by atoms with Gasteiger partial charge in [0.25, 0.3) is 5.91 Å². The van der Waals surface area contributed by atoms with E-state index in [9.17, 15) is 14.0 Å². The second-order valence-electron chi connectivity index (χ2n) is 8.92. The molecule has 5 aromatic rings. The highest BCUT2D eigenvalue weighted by molar-refractivity contribution is 6.00. The maximum atomic E-state index is 15.1. The number of nitrogen functional groups attached to an aromatic ring is 1. The number of pyridine rings is 2. The van der Waals surface area contributed by atoms with E-state index >= 15 is 4.39 Å². The maximum Gasteiger partial charge on any atom is 0.323 e. The molecule has 3 heterocycles. The number of nitrogens with two attached hydrogens (primary N) is 1. The minimum absolute atomic E-state index is 0. The molecule has 11 nitrogen and oxygen atoms in total. The zero-order chi connectivity index (χ0) is 30.4. The van der Waals surface area contributed by atoms with E-state index in [0.29, 0.717) is 22.3 Å². The van der Waals surface area contributed by atoms with Crippen LogP contribution in [0.2, 0.25) is 0 Å². The van der Waals surface area contributed by atoms with Gasteiger partial charge in [-0.25, -0.2) is 24.1 Å². The van der Waals surface area contributed by atoms with Crippen molar-refractivity contribution in [3.63, 3.8) is 0 Å². The molecule has 0 bridgehead atoms. The van der Waals surface area contributed by atoms with Crippen LogP contribution in [0.4, 0.5) is 30.8 Å². The number of carbonyl (C=O) groups is 2. The molecule has 3 amide bonds. The van der Waals surface area contributed by atoms with Gasteiger partial charge in [0.2, 0.25) is 5.95 Å². The van der Waals surface area contributed by atoms with Crippen molar-refractivity contribution in [1.82, 2.24) is 24.8 Å². The Morgan fingerprint density at radius 2 is 1.58 bits per heavy atom. The number of benzene rings is 2. The predicted molar refractivity (Wildman–Crippen MR) is 167 cm³/mol. The molecule has 0 saturated heterocycles. The zero-order valence-electron chi connectivity index (χ0n) is 23.2. The highest BCUT2D eigenvalue weighted by atomic mass is 19.1. The monoisotopic (exact) mass is 590 g/mol. The first kappa shape index (κ1) is 31.7. The summed E-state index contributed by atoms with van der Waals surface area (Å²) in [4.78, 5) is 42.4. The van der Waals surface area contributed by atoms with Crippen LogP contribution in [0, 0.1) is 11.8 Å². The molecule has 224 valence electrons. The van der Waals surface area contributed by atoms with Gasteiger partial charge in [0.1, 0.15) is 11.3 Å². The molecule has 0 aliphatic carbocycles. The van der Waals surface area contributed by atoms with Gasteiger partial charge in [-0.1, -0.05) is 0 Å². The summed E-state index contributed by atoms with van der Waals surface area (Å²) in [5, 5.41) is 5.18. The molecule has 0 unspecified atom stereocenters. The van der Waals surface area contributed by atoms with E-state index in [1.807, 2.05) is 0 Å². The number of amides is 3. The number of aromatic nitrogens is 4. The molecule has 0 fully saturated rings. The molecule has 5 rings (SSSR count). The third-order valence-electron chi connectivity index (χ3n) is 5.90. The van der Waals surface area contributed by atoms with Crippen molar-refractivity contribution in [2.45, 2.75) is 0 Å². The third-order valence-corrected chi connectivity index (χ3v) is 5.90. The van der Waals surface area contributed by atoms with E-state index in [0.717, 1.165) is 6.07 Å². The van der Waals surface area contributed by atoms with E-state index in [2.05, 4.69) is 43.7 Å². The lowest BCUT2D eigenvalue weighted by atomic mass is 10.1. The molecular weight excluding hydrogens is 558 g/mol. The van der Waals surface area contributed by atoms with Crippen molar-refractivity contribution in [3.05, 3.63) is 104 Å². The van der Waals surface area contributed by atoms with Crippen LogP contribution in [-0.4, -0.2) is 56.3 Å². The molecule has 0 aliphatic heterocycles. The Labute approximate surface area is 248 Å². The first-order valence-electron chi connectivity index (χ1n) is 12.4. The Bertz CT molecular complexity index is 1790. The van der Waals surface area contributed by atoms with Crippen molar-refractivity contribution in [1.29, 1.82) is 0 Å². The van der Waals surface area contributed by atoms with Crippen molar-refractivity contribution >= 4 is 40.2 Å². The van der Waals surface area contributed by atoms with E-state index < -0.39 is 17.8 Å². The molecular formula is C30H32F2N8O3. The van der Waals surface area contributed by atoms with Crippen molar-refractivity contribution in [2.75, 3.05) is 30.5 Å². The summed E-state index contributed by atoms with van der Waals surface area (Å²) in [6, 6.07) is 14.5. The van der Waals surface area contributed by atoms with Crippen LogP contribution in [0.5, 0.6) is 0 Å². The topological polar surface area (TPSA) is 171 Å². The quantitative estimate of drug-likeness (QED) is 0.181. The molecule has 0 saturated carbocycles. The van der Waals surface area contributed by atoms with E-state index in [1.165, 1.54) is 29.4 Å². The molecule has 13 heteroatoms. The number of fused-ring (bicyclic) bond motifs is 1. The number of carbonyl (C=O) groups excluding carboxylic acids is 2. The van der Waals surface area contributed by atoms with Crippen molar-refractivity contribution in [3.8, 4) is 22.5 Å². The van der Waals surface area contributed by atoms with Crippen LogP contribution in [0.25, 0.3) is 33.5 Å². The smallest absolute Gasteiger partial charge is 0.323 e. The number of hydrogen-bond acceptors (Lipinski definition) is 7. The number of anilines is 3. The largest absolute Gasteiger partial charge is 0.412 e. The zero-order valence-corrected chi connectivity index (χ0v) is 23.2. The molecule has 0 atom stereocenters. The molecule has 2 aromatic carbocycles. The minimum Gasteiger partial charge on any atom is -0.412 e. The number of halogens is 2. The Morgan fingerprint density at radius 1 is 0.907 bits per heavy atom. The summed E-state index contributed by atoms with van der Waals surface area (Å²) in [5.74, 6) is -1.51. The maximum absolute atomic E-state index is 15.1. The highest BCUT2D eigenvalue weighted by Gasteiger charge is 2.16. The lowest BCUT2D eigenvalue weighted by molar-refractivity contribution is 0.0827. The van der Waals surface area contributed by atoms with Crippen LogP contribution in [0.1, 0.15) is 13.2 Å². The molecule has 43 heavy (non-hydrogen) atoms. The lowest BCUT2D eigenvalue weighted by Crippen LogP contribution is -2.22. The van der Waals surface area contributed by atoms with Gasteiger partial charge < -0.3 is 26.7 Å². The average Bonchev–Trinajstić information content (AvgIpc) is 2.98. The van der Waals surface area contributed by atoms with Crippen LogP contribution < -0.4 is 16.4 Å². The van der Waals surface area contributed by atoms with Crippen molar-refractivity contribution < 1.29 is 26.7 Å². The SMILES string of the molecule is C=C.CN(C)C(=O)c1ccc(NC(=O)Nc2ccc(-c3nc(N)c4ncc(-c5cccnc5F)cc4n3)c(F)c2)cc1.O.[HH].[HH]. The average molecular weight is 591 g/mol. The Kier molecular flexibility index (Phi) is 10.1. The predicted octanol–water partition coefficient (Wildman–Crippen LogP) is 5.43. The number of nitrogens with one attached hydrogen (secondary N) is 2. The van der Waals surface area contributed by atoms with E-state index in [4.69, 9.17) is 5.73 Å². The molecule has 3 aromatic heterocycles. The summed E-state index contributed by atoms with van der Waals surface area (Å²) in [6.07, 6.45) is 2.77. The number of rotatable bonds is 5. The number of hydrogen-bond donors (Lipinski definition) is 3.